The Morgan fingerprint density at radius 3 is 2.29 bits per heavy atom. The Morgan fingerprint density at radius 1 is 1.21 bits per heavy atom. The highest BCUT2D eigenvalue weighted by Gasteiger charge is 2.45. The van der Waals surface area contributed by atoms with Gasteiger partial charge >= 0.3 is 0 Å². The second-order valence-corrected chi connectivity index (χ2v) is 10.2. The fourth-order valence-electron chi connectivity index (χ4n) is 4.10. The Morgan fingerprint density at radius 2 is 1.79 bits per heavy atom. The molecule has 1 heterocycles. The number of amides is 1. The van der Waals surface area contributed by atoms with Crippen LogP contribution in [0.15, 0.2) is 11.0 Å². The van der Waals surface area contributed by atoms with Crippen LogP contribution in [0.4, 0.5) is 0 Å². The molecular weight excluding hydrogens is 380 g/mol. The maximum Gasteiger partial charge on any atom is 0.244 e. The van der Waals surface area contributed by atoms with Gasteiger partial charge in [0.1, 0.15) is 6.04 Å². The van der Waals surface area contributed by atoms with Crippen LogP contribution in [0.3, 0.4) is 0 Å². The number of aryl methyl sites for hydroxylation is 2. The number of hydrogen-bond acceptors (Lipinski definition) is 5. The highest BCUT2D eigenvalue weighted by atomic mass is 32.2. The van der Waals surface area contributed by atoms with Crippen LogP contribution in [0.25, 0.3) is 0 Å². The number of nitrogens with zero attached hydrogens (tertiary/aromatic N) is 1. The van der Waals surface area contributed by atoms with Gasteiger partial charge in [0.15, 0.2) is 0 Å². The second kappa shape index (κ2) is 7.40. The molecule has 1 aromatic carbocycles. The molecule has 0 aromatic heterocycles. The molecular formula is C20H30N2O5S. The zero-order valence-corrected chi connectivity index (χ0v) is 17.8. The highest BCUT2D eigenvalue weighted by Crippen LogP contribution is 2.34. The van der Waals surface area contributed by atoms with E-state index in [1.807, 2.05) is 19.9 Å². The monoisotopic (exact) mass is 410 g/mol. The maximum absolute atomic E-state index is 13.5. The summed E-state index contributed by atoms with van der Waals surface area (Å²) >= 11 is 0. The Balaban J connectivity index is 1.91. The van der Waals surface area contributed by atoms with Gasteiger partial charge in [0, 0.05) is 19.5 Å². The molecule has 1 saturated heterocycles. The lowest BCUT2D eigenvalue weighted by Gasteiger charge is -2.37. The third-order valence-corrected chi connectivity index (χ3v) is 8.43. The summed E-state index contributed by atoms with van der Waals surface area (Å²) in [7, 11) is -3.97. The molecule has 1 saturated carbocycles. The van der Waals surface area contributed by atoms with E-state index >= 15 is 0 Å². The van der Waals surface area contributed by atoms with Crippen LogP contribution in [0.2, 0.25) is 0 Å². The number of aliphatic hydroxyl groups is 2. The molecule has 7 nitrogen and oxygen atoms in total. The van der Waals surface area contributed by atoms with Crippen molar-refractivity contribution in [2.75, 3.05) is 13.1 Å². The number of rotatable bonds is 5. The number of benzene rings is 1. The molecule has 0 spiro atoms. The largest absolute Gasteiger partial charge is 0.392 e. The van der Waals surface area contributed by atoms with Gasteiger partial charge in [-0.25, -0.2) is 8.42 Å². The quantitative estimate of drug-likeness (QED) is 0.673. The van der Waals surface area contributed by atoms with Gasteiger partial charge in [-0.2, -0.15) is 4.31 Å². The van der Waals surface area contributed by atoms with E-state index in [1.165, 1.54) is 0 Å². The number of β-amino-alcohol motifs (C(OH)–C–C–N with tert-alkyl or cyclic N) is 1. The van der Waals surface area contributed by atoms with Crippen LogP contribution in [0.1, 0.15) is 47.9 Å². The molecule has 28 heavy (non-hydrogen) atoms. The van der Waals surface area contributed by atoms with Crippen molar-refractivity contribution in [1.29, 1.82) is 0 Å². The first-order valence-electron chi connectivity index (χ1n) is 9.74. The van der Waals surface area contributed by atoms with Crippen LogP contribution in [-0.4, -0.2) is 59.7 Å². The van der Waals surface area contributed by atoms with Crippen molar-refractivity contribution in [3.63, 3.8) is 0 Å². The van der Waals surface area contributed by atoms with Crippen molar-refractivity contribution in [2.24, 2.45) is 0 Å². The summed E-state index contributed by atoms with van der Waals surface area (Å²) in [6, 6.07) is 0.967. The molecule has 1 aliphatic heterocycles. The normalized spacial score (nSPS) is 24.8. The molecule has 0 radical (unpaired) electrons. The molecule has 3 N–H and O–H groups in total. The summed E-state index contributed by atoms with van der Waals surface area (Å²) in [6.45, 7) is 7.25. The third kappa shape index (κ3) is 3.70. The van der Waals surface area contributed by atoms with Gasteiger partial charge < -0.3 is 15.5 Å². The minimum Gasteiger partial charge on any atom is -0.392 e. The van der Waals surface area contributed by atoms with E-state index in [1.54, 1.807) is 13.8 Å². The predicted molar refractivity (Wildman–Crippen MR) is 106 cm³/mol. The standard InChI is InChI=1S/C20H30N2O5S/c1-12-8-13(2)15(4)18(14(12)3)28(26,27)22-10-16(23)9-17(22)19(24)21-11-20(25)6-5-7-20/h8,16-17,23,25H,5-7,9-11H2,1-4H3,(H,21,24)/t16?,17-/m0/s1. The molecule has 0 bridgehead atoms. The van der Waals surface area contributed by atoms with Gasteiger partial charge in [-0.3, -0.25) is 4.79 Å². The van der Waals surface area contributed by atoms with Crippen molar-refractivity contribution in [1.82, 2.24) is 9.62 Å². The molecule has 2 aliphatic rings. The van der Waals surface area contributed by atoms with Crippen molar-refractivity contribution in [3.8, 4) is 0 Å². The van der Waals surface area contributed by atoms with E-state index in [0.29, 0.717) is 24.0 Å². The van der Waals surface area contributed by atoms with Crippen molar-refractivity contribution < 1.29 is 23.4 Å². The van der Waals surface area contributed by atoms with E-state index in [2.05, 4.69) is 5.32 Å². The van der Waals surface area contributed by atoms with E-state index in [4.69, 9.17) is 0 Å². The maximum atomic E-state index is 13.5. The van der Waals surface area contributed by atoms with Crippen molar-refractivity contribution in [3.05, 3.63) is 28.3 Å². The number of sulfonamides is 1. The molecule has 156 valence electrons. The molecule has 1 aromatic rings. The molecule has 8 heteroatoms. The second-order valence-electron chi connectivity index (χ2n) is 8.37. The fraction of sp³-hybridized carbons (Fsp3) is 0.650. The summed E-state index contributed by atoms with van der Waals surface area (Å²) in [5.74, 6) is -0.472. The van der Waals surface area contributed by atoms with Crippen LogP contribution in [-0.2, 0) is 14.8 Å². The third-order valence-electron chi connectivity index (χ3n) is 6.28. The first-order chi connectivity index (χ1) is 13.0. The van der Waals surface area contributed by atoms with Gasteiger partial charge in [0.05, 0.1) is 16.6 Å². The van der Waals surface area contributed by atoms with Crippen molar-refractivity contribution in [2.45, 2.75) is 76.0 Å². The SMILES string of the molecule is Cc1cc(C)c(C)c(S(=O)(=O)N2CC(O)C[C@H]2C(=O)NCC2(O)CCC2)c1C. The highest BCUT2D eigenvalue weighted by molar-refractivity contribution is 7.89. The lowest BCUT2D eigenvalue weighted by molar-refractivity contribution is -0.126. The zero-order valence-electron chi connectivity index (χ0n) is 16.9. The number of carbonyl (C=O) groups is 1. The number of carbonyl (C=O) groups excluding carboxylic acids is 1. The fourth-order valence-corrected chi connectivity index (χ4v) is 6.32. The molecule has 1 amide bonds. The van der Waals surface area contributed by atoms with Crippen LogP contribution >= 0.6 is 0 Å². The first-order valence-corrected chi connectivity index (χ1v) is 11.2. The Kier molecular flexibility index (Phi) is 5.62. The topological polar surface area (TPSA) is 107 Å². The Hall–Kier alpha value is -1.48. The Labute approximate surface area is 166 Å². The lowest BCUT2D eigenvalue weighted by atomic mass is 9.80. The lowest BCUT2D eigenvalue weighted by Crippen LogP contribution is -2.52. The van der Waals surface area contributed by atoms with Crippen LogP contribution in [0.5, 0.6) is 0 Å². The average Bonchev–Trinajstić information content (AvgIpc) is 2.99. The summed E-state index contributed by atoms with van der Waals surface area (Å²) in [5.41, 5.74) is 2.17. The minimum absolute atomic E-state index is 0.0480. The predicted octanol–water partition coefficient (Wildman–Crippen LogP) is 1.08. The average molecular weight is 411 g/mol. The van der Waals surface area contributed by atoms with Crippen LogP contribution < -0.4 is 5.32 Å². The molecule has 2 fully saturated rings. The number of hydrogen-bond donors (Lipinski definition) is 3. The number of aliphatic hydroxyl groups excluding tert-OH is 1. The van der Waals surface area contributed by atoms with Crippen LogP contribution in [0, 0.1) is 27.7 Å². The van der Waals surface area contributed by atoms with E-state index in [0.717, 1.165) is 21.9 Å². The van der Waals surface area contributed by atoms with Crippen molar-refractivity contribution >= 4 is 15.9 Å². The van der Waals surface area contributed by atoms with E-state index in [9.17, 15) is 23.4 Å². The minimum atomic E-state index is -3.97. The van der Waals surface area contributed by atoms with E-state index < -0.39 is 33.7 Å². The van der Waals surface area contributed by atoms with Gasteiger partial charge in [0.2, 0.25) is 15.9 Å². The molecule has 2 atom stereocenters. The van der Waals surface area contributed by atoms with Gasteiger partial charge in [-0.15, -0.1) is 0 Å². The summed E-state index contributed by atoms with van der Waals surface area (Å²) < 4.78 is 28.1. The van der Waals surface area contributed by atoms with Gasteiger partial charge in [-0.05, 0) is 69.2 Å². The van der Waals surface area contributed by atoms with E-state index in [-0.39, 0.29) is 24.4 Å². The van der Waals surface area contributed by atoms with Gasteiger partial charge in [0.25, 0.3) is 0 Å². The summed E-state index contributed by atoms with van der Waals surface area (Å²) in [5, 5.41) is 23.0. The smallest absolute Gasteiger partial charge is 0.244 e. The molecule has 3 rings (SSSR count). The molecule has 1 unspecified atom stereocenters. The Bertz CT molecular complexity index is 866. The summed E-state index contributed by atoms with van der Waals surface area (Å²) in [4.78, 5) is 12.9. The molecule has 1 aliphatic carbocycles. The van der Waals surface area contributed by atoms with Gasteiger partial charge in [-0.1, -0.05) is 6.07 Å². The summed E-state index contributed by atoms with van der Waals surface area (Å²) in [6.07, 6.45) is 1.32. The number of nitrogens with one attached hydrogen (secondary N) is 1. The first kappa shape index (κ1) is 21.2. The zero-order chi connectivity index (χ0) is 20.9.